The van der Waals surface area contributed by atoms with Gasteiger partial charge in [0.05, 0.1) is 0 Å². The summed E-state index contributed by atoms with van der Waals surface area (Å²) in [5, 5.41) is 3.45. The molecule has 134 valence electrons. The zero-order valence-electron chi connectivity index (χ0n) is 14.4. The van der Waals surface area contributed by atoms with Crippen LogP contribution in [-0.4, -0.2) is 31.1 Å². The third kappa shape index (κ3) is 3.93. The lowest BCUT2D eigenvalue weighted by Crippen LogP contribution is -2.45. The van der Waals surface area contributed by atoms with Gasteiger partial charge in [-0.2, -0.15) is 0 Å². The van der Waals surface area contributed by atoms with Crippen molar-refractivity contribution in [3.05, 3.63) is 71.8 Å². The number of hydrogen-bond acceptors (Lipinski definition) is 2. The minimum Gasteiger partial charge on any atom is -0.314 e. The molecular weight excluding hydrogens is 351 g/mol. The highest BCUT2D eigenvalue weighted by molar-refractivity contribution is 5.85. The molecule has 1 atom stereocenters. The monoisotopic (exact) mass is 376 g/mol. The van der Waals surface area contributed by atoms with Crippen LogP contribution in [0, 0.1) is 0 Å². The molecule has 1 heterocycles. The van der Waals surface area contributed by atoms with Crippen molar-refractivity contribution < 1.29 is 0 Å². The molecule has 4 rings (SSSR count). The van der Waals surface area contributed by atoms with Gasteiger partial charge in [0, 0.05) is 32.2 Å². The van der Waals surface area contributed by atoms with Crippen LogP contribution in [0.3, 0.4) is 0 Å². The van der Waals surface area contributed by atoms with Crippen molar-refractivity contribution in [2.45, 2.75) is 18.9 Å². The molecule has 0 saturated carbocycles. The molecule has 0 bridgehead atoms. The minimum absolute atomic E-state index is 0. The van der Waals surface area contributed by atoms with Gasteiger partial charge in [-0.3, -0.25) is 4.90 Å². The molecule has 25 heavy (non-hydrogen) atoms. The number of nitrogens with zero attached hydrogens (tertiary/aromatic N) is 1. The summed E-state index contributed by atoms with van der Waals surface area (Å²) in [6.07, 6.45) is 4.15. The van der Waals surface area contributed by atoms with Gasteiger partial charge in [-0.05, 0) is 40.7 Å². The molecule has 2 aromatic rings. The molecule has 0 aromatic heterocycles. The number of piperazine rings is 1. The molecule has 0 amide bonds. The fraction of sp³-hybridized carbons (Fsp3) is 0.333. The van der Waals surface area contributed by atoms with Crippen molar-refractivity contribution in [1.82, 2.24) is 10.2 Å². The minimum atomic E-state index is 0. The van der Waals surface area contributed by atoms with Crippen molar-refractivity contribution in [1.29, 1.82) is 0 Å². The number of fused-ring (bicyclic) bond motifs is 3. The second-order valence-electron chi connectivity index (χ2n) is 6.58. The number of benzene rings is 2. The SMILES string of the molecule is C=CC[C@H](c1ccc2c(c1)Cc1ccccc1-2)N1CCNCC1.Cl.Cl. The van der Waals surface area contributed by atoms with Crippen molar-refractivity contribution in [2.24, 2.45) is 0 Å². The molecule has 1 aliphatic carbocycles. The average molecular weight is 377 g/mol. The average Bonchev–Trinajstić information content (AvgIpc) is 2.98. The Labute approximate surface area is 163 Å². The number of nitrogens with one attached hydrogen (secondary N) is 1. The Bertz CT molecular complexity index is 724. The summed E-state index contributed by atoms with van der Waals surface area (Å²) >= 11 is 0. The lowest BCUT2D eigenvalue weighted by atomic mass is 9.96. The molecule has 2 aromatic carbocycles. The Morgan fingerprint density at radius 1 is 1.00 bits per heavy atom. The molecule has 0 spiro atoms. The molecule has 1 aliphatic heterocycles. The number of rotatable bonds is 4. The zero-order valence-corrected chi connectivity index (χ0v) is 16.0. The maximum absolute atomic E-state index is 3.98. The predicted molar refractivity (Wildman–Crippen MR) is 111 cm³/mol. The summed E-state index contributed by atoms with van der Waals surface area (Å²) in [5.41, 5.74) is 7.21. The number of hydrogen-bond donors (Lipinski definition) is 1. The van der Waals surface area contributed by atoms with E-state index in [4.69, 9.17) is 0 Å². The van der Waals surface area contributed by atoms with Crippen LogP contribution in [0.2, 0.25) is 0 Å². The van der Waals surface area contributed by atoms with Gasteiger partial charge in [0.15, 0.2) is 0 Å². The van der Waals surface area contributed by atoms with Crippen LogP contribution in [0.4, 0.5) is 0 Å². The van der Waals surface area contributed by atoms with E-state index in [1.165, 1.54) is 27.8 Å². The maximum Gasteiger partial charge on any atom is 0.0383 e. The molecule has 0 radical (unpaired) electrons. The Hall–Kier alpha value is -1.32. The summed E-state index contributed by atoms with van der Waals surface area (Å²) in [6.45, 7) is 8.40. The fourth-order valence-corrected chi connectivity index (χ4v) is 4.02. The molecule has 0 unspecified atom stereocenters. The van der Waals surface area contributed by atoms with E-state index >= 15 is 0 Å². The second kappa shape index (κ2) is 8.86. The van der Waals surface area contributed by atoms with Crippen molar-refractivity contribution in [3.63, 3.8) is 0 Å². The summed E-state index contributed by atoms with van der Waals surface area (Å²) in [4.78, 5) is 2.60. The van der Waals surface area contributed by atoms with Gasteiger partial charge < -0.3 is 5.32 Å². The summed E-state index contributed by atoms with van der Waals surface area (Å²) in [7, 11) is 0. The van der Waals surface area contributed by atoms with Crippen LogP contribution < -0.4 is 5.32 Å². The summed E-state index contributed by atoms with van der Waals surface area (Å²) in [5.74, 6) is 0. The van der Waals surface area contributed by atoms with E-state index in [1.807, 2.05) is 0 Å². The van der Waals surface area contributed by atoms with E-state index in [0.717, 1.165) is 39.0 Å². The van der Waals surface area contributed by atoms with Gasteiger partial charge in [-0.15, -0.1) is 31.4 Å². The first kappa shape index (κ1) is 20.0. The van der Waals surface area contributed by atoms with Crippen LogP contribution in [0.15, 0.2) is 55.1 Å². The van der Waals surface area contributed by atoms with Crippen molar-refractivity contribution in [2.75, 3.05) is 26.2 Å². The summed E-state index contributed by atoms with van der Waals surface area (Å²) < 4.78 is 0. The first-order chi connectivity index (χ1) is 11.4. The lowest BCUT2D eigenvalue weighted by molar-refractivity contribution is 0.174. The van der Waals surface area contributed by atoms with Crippen LogP contribution in [0.1, 0.15) is 29.2 Å². The first-order valence-corrected chi connectivity index (χ1v) is 8.63. The van der Waals surface area contributed by atoms with Gasteiger partial charge in [0.25, 0.3) is 0 Å². The van der Waals surface area contributed by atoms with E-state index in [1.54, 1.807) is 0 Å². The normalized spacial score (nSPS) is 16.8. The topological polar surface area (TPSA) is 15.3 Å². The lowest BCUT2D eigenvalue weighted by Gasteiger charge is -2.35. The quantitative estimate of drug-likeness (QED) is 0.668. The zero-order chi connectivity index (χ0) is 15.6. The molecule has 2 aliphatic rings. The van der Waals surface area contributed by atoms with E-state index in [0.29, 0.717) is 6.04 Å². The van der Waals surface area contributed by atoms with Crippen molar-refractivity contribution in [3.8, 4) is 11.1 Å². The van der Waals surface area contributed by atoms with Crippen LogP contribution in [0.5, 0.6) is 0 Å². The standard InChI is InChI=1S/C21H24N2.2ClH/c1-2-5-21(23-12-10-22-11-13-23)17-8-9-20-18(15-17)14-16-6-3-4-7-19(16)20;;/h2-4,6-9,15,21-22H,1,5,10-14H2;2*1H/t21-;;/m1../s1. The van der Waals surface area contributed by atoms with Crippen LogP contribution in [0.25, 0.3) is 11.1 Å². The first-order valence-electron chi connectivity index (χ1n) is 8.63. The second-order valence-corrected chi connectivity index (χ2v) is 6.58. The van der Waals surface area contributed by atoms with E-state index in [-0.39, 0.29) is 24.8 Å². The molecule has 1 saturated heterocycles. The highest BCUT2D eigenvalue weighted by Crippen LogP contribution is 2.38. The van der Waals surface area contributed by atoms with Gasteiger partial charge in [0.1, 0.15) is 0 Å². The Morgan fingerprint density at radius 3 is 2.48 bits per heavy atom. The third-order valence-electron chi connectivity index (χ3n) is 5.18. The van der Waals surface area contributed by atoms with E-state index in [9.17, 15) is 0 Å². The largest absolute Gasteiger partial charge is 0.314 e. The fourth-order valence-electron chi connectivity index (χ4n) is 4.02. The van der Waals surface area contributed by atoms with Gasteiger partial charge in [-0.1, -0.05) is 48.5 Å². The Balaban J connectivity index is 0.00000113. The van der Waals surface area contributed by atoms with Gasteiger partial charge >= 0.3 is 0 Å². The van der Waals surface area contributed by atoms with Crippen LogP contribution >= 0.6 is 24.8 Å². The van der Waals surface area contributed by atoms with E-state index < -0.39 is 0 Å². The van der Waals surface area contributed by atoms with Crippen LogP contribution in [-0.2, 0) is 6.42 Å². The molecular formula is C21H26Cl2N2. The number of halogens is 2. The van der Waals surface area contributed by atoms with Gasteiger partial charge in [-0.25, -0.2) is 0 Å². The maximum atomic E-state index is 3.98. The summed E-state index contributed by atoms with van der Waals surface area (Å²) in [6, 6.07) is 16.3. The highest BCUT2D eigenvalue weighted by atomic mass is 35.5. The van der Waals surface area contributed by atoms with Gasteiger partial charge in [0.2, 0.25) is 0 Å². The van der Waals surface area contributed by atoms with Crippen molar-refractivity contribution >= 4 is 24.8 Å². The Kier molecular flexibility index (Phi) is 7.09. The smallest absolute Gasteiger partial charge is 0.0383 e. The van der Waals surface area contributed by atoms with E-state index in [2.05, 4.69) is 65.3 Å². The predicted octanol–water partition coefficient (Wildman–Crippen LogP) is 4.62. The highest BCUT2D eigenvalue weighted by Gasteiger charge is 2.24. The molecule has 2 nitrogen and oxygen atoms in total. The third-order valence-corrected chi connectivity index (χ3v) is 5.18. The molecule has 1 N–H and O–H groups in total. The Morgan fingerprint density at radius 2 is 1.72 bits per heavy atom. The molecule has 1 fully saturated rings. The molecule has 4 heteroatoms.